The van der Waals surface area contributed by atoms with Crippen LogP contribution in [-0.2, 0) is 12.1 Å². The van der Waals surface area contributed by atoms with E-state index in [1.54, 1.807) is 6.07 Å². The molecule has 2 aromatic heterocycles. The fourth-order valence-electron chi connectivity index (χ4n) is 1.72. The minimum absolute atomic E-state index is 0.0260. The fourth-order valence-corrected chi connectivity index (χ4v) is 1.72. The first-order valence-corrected chi connectivity index (χ1v) is 6.25. The minimum atomic E-state index is -0.108. The van der Waals surface area contributed by atoms with E-state index < -0.39 is 0 Å². The second-order valence-corrected chi connectivity index (χ2v) is 5.59. The molecule has 5 nitrogen and oxygen atoms in total. The Kier molecular flexibility index (Phi) is 3.46. The largest absolute Gasteiger partial charge is 0.361 e. The molecule has 2 aromatic rings. The quantitative estimate of drug-likeness (QED) is 0.923. The van der Waals surface area contributed by atoms with E-state index in [0.29, 0.717) is 12.1 Å². The molecule has 2 heterocycles. The predicted molar refractivity (Wildman–Crippen MR) is 71.8 cm³/mol. The van der Waals surface area contributed by atoms with Gasteiger partial charge in [-0.1, -0.05) is 5.16 Å². The highest BCUT2D eigenvalue weighted by Crippen LogP contribution is 2.15. The number of hydrogen-bond acceptors (Lipinski definition) is 3. The molecule has 0 aliphatic carbocycles. The molecule has 0 fully saturated rings. The van der Waals surface area contributed by atoms with Crippen LogP contribution in [0.15, 0.2) is 29.0 Å². The predicted octanol–water partition coefficient (Wildman–Crippen LogP) is 2.47. The van der Waals surface area contributed by atoms with E-state index in [1.807, 2.05) is 30.0 Å². The third kappa shape index (κ3) is 3.24. The molecule has 19 heavy (non-hydrogen) atoms. The summed E-state index contributed by atoms with van der Waals surface area (Å²) in [4.78, 5) is 12.0. The maximum Gasteiger partial charge on any atom is 0.253 e. The Hall–Kier alpha value is -2.04. The van der Waals surface area contributed by atoms with Crippen LogP contribution in [0.25, 0.3) is 0 Å². The molecule has 5 heteroatoms. The molecule has 0 bridgehead atoms. The molecule has 0 saturated carbocycles. The molecule has 0 aliphatic rings. The zero-order chi connectivity index (χ0) is 14.0. The first-order valence-electron chi connectivity index (χ1n) is 6.25. The monoisotopic (exact) mass is 261 g/mol. The van der Waals surface area contributed by atoms with Crippen molar-refractivity contribution >= 4 is 5.91 Å². The van der Waals surface area contributed by atoms with Gasteiger partial charge in [0.05, 0.1) is 12.1 Å². The third-order valence-electron chi connectivity index (χ3n) is 2.84. The van der Waals surface area contributed by atoms with Gasteiger partial charge < -0.3 is 14.4 Å². The zero-order valence-electron chi connectivity index (χ0n) is 11.7. The highest BCUT2D eigenvalue weighted by Gasteiger charge is 2.15. The van der Waals surface area contributed by atoms with Gasteiger partial charge in [-0.05, 0) is 33.8 Å². The number of amides is 1. The Morgan fingerprint density at radius 3 is 2.74 bits per heavy atom. The van der Waals surface area contributed by atoms with E-state index in [0.717, 1.165) is 11.5 Å². The molecule has 0 radical (unpaired) electrons. The summed E-state index contributed by atoms with van der Waals surface area (Å²) in [5, 5.41) is 6.65. The van der Waals surface area contributed by atoms with E-state index in [9.17, 15) is 4.79 Å². The average Bonchev–Trinajstić information content (AvgIpc) is 2.93. The van der Waals surface area contributed by atoms with Crippen LogP contribution in [0.1, 0.15) is 42.6 Å². The van der Waals surface area contributed by atoms with Gasteiger partial charge in [-0.25, -0.2) is 0 Å². The van der Waals surface area contributed by atoms with Crippen LogP contribution in [0, 0.1) is 6.92 Å². The second kappa shape index (κ2) is 4.91. The van der Waals surface area contributed by atoms with Crippen molar-refractivity contribution in [1.82, 2.24) is 15.0 Å². The Morgan fingerprint density at radius 1 is 1.47 bits per heavy atom. The van der Waals surface area contributed by atoms with Gasteiger partial charge in [0.15, 0.2) is 0 Å². The topological polar surface area (TPSA) is 60.1 Å². The van der Waals surface area contributed by atoms with Crippen molar-refractivity contribution in [3.05, 3.63) is 41.5 Å². The van der Waals surface area contributed by atoms with Crippen molar-refractivity contribution in [3.8, 4) is 0 Å². The standard InChI is InChI=1S/C14H19N3O2/c1-10-7-12(16-19-10)8-15-13(18)11-5-6-17(9-11)14(2,3)4/h5-7,9H,8H2,1-4H3,(H,15,18). The number of aromatic nitrogens is 2. The van der Waals surface area contributed by atoms with Crippen LogP contribution in [-0.4, -0.2) is 15.6 Å². The van der Waals surface area contributed by atoms with Gasteiger partial charge in [0, 0.05) is 24.0 Å². The van der Waals surface area contributed by atoms with E-state index in [1.165, 1.54) is 0 Å². The van der Waals surface area contributed by atoms with Crippen LogP contribution >= 0.6 is 0 Å². The lowest BCUT2D eigenvalue weighted by Crippen LogP contribution is -2.23. The highest BCUT2D eigenvalue weighted by atomic mass is 16.5. The van der Waals surface area contributed by atoms with Crippen molar-refractivity contribution in [2.75, 3.05) is 0 Å². The van der Waals surface area contributed by atoms with Crippen molar-refractivity contribution in [1.29, 1.82) is 0 Å². The lowest BCUT2D eigenvalue weighted by atomic mass is 10.1. The molecule has 0 aromatic carbocycles. The van der Waals surface area contributed by atoms with Gasteiger partial charge >= 0.3 is 0 Å². The number of carbonyl (C=O) groups excluding carboxylic acids is 1. The van der Waals surface area contributed by atoms with Crippen molar-refractivity contribution in [2.45, 2.75) is 39.8 Å². The summed E-state index contributed by atoms with van der Waals surface area (Å²) in [5.74, 6) is 0.631. The van der Waals surface area contributed by atoms with Crippen LogP contribution in [0.2, 0.25) is 0 Å². The van der Waals surface area contributed by atoms with Crippen molar-refractivity contribution in [2.24, 2.45) is 0 Å². The Morgan fingerprint density at radius 2 is 2.21 bits per heavy atom. The van der Waals surface area contributed by atoms with Crippen molar-refractivity contribution < 1.29 is 9.32 Å². The number of nitrogens with zero attached hydrogens (tertiary/aromatic N) is 2. The zero-order valence-corrected chi connectivity index (χ0v) is 11.7. The van der Waals surface area contributed by atoms with E-state index in [2.05, 4.69) is 31.2 Å². The first-order chi connectivity index (χ1) is 8.86. The average molecular weight is 261 g/mol. The SMILES string of the molecule is Cc1cc(CNC(=O)c2ccn(C(C)(C)C)c2)no1. The molecule has 0 atom stereocenters. The van der Waals surface area contributed by atoms with Crippen LogP contribution < -0.4 is 5.32 Å². The second-order valence-electron chi connectivity index (χ2n) is 5.59. The number of nitrogens with one attached hydrogen (secondary N) is 1. The lowest BCUT2D eigenvalue weighted by molar-refractivity contribution is 0.0950. The van der Waals surface area contributed by atoms with E-state index >= 15 is 0 Å². The summed E-state index contributed by atoms with van der Waals surface area (Å²) in [5.41, 5.74) is 1.35. The number of carbonyl (C=O) groups is 1. The fraction of sp³-hybridized carbons (Fsp3) is 0.429. The summed E-state index contributed by atoms with van der Waals surface area (Å²) in [6.45, 7) is 8.46. The number of hydrogen-bond donors (Lipinski definition) is 1. The third-order valence-corrected chi connectivity index (χ3v) is 2.84. The molecule has 0 spiro atoms. The molecule has 0 saturated heterocycles. The van der Waals surface area contributed by atoms with E-state index in [4.69, 9.17) is 4.52 Å². The summed E-state index contributed by atoms with van der Waals surface area (Å²) < 4.78 is 6.96. The number of aryl methyl sites for hydroxylation is 1. The first kappa shape index (κ1) is 13.4. The van der Waals surface area contributed by atoms with Crippen LogP contribution in [0.3, 0.4) is 0 Å². The molecule has 2 rings (SSSR count). The Bertz CT molecular complexity index is 576. The number of rotatable bonds is 3. The minimum Gasteiger partial charge on any atom is -0.361 e. The van der Waals surface area contributed by atoms with Gasteiger partial charge in [-0.15, -0.1) is 0 Å². The van der Waals surface area contributed by atoms with Crippen molar-refractivity contribution in [3.63, 3.8) is 0 Å². The van der Waals surface area contributed by atoms with E-state index in [-0.39, 0.29) is 11.4 Å². The summed E-state index contributed by atoms with van der Waals surface area (Å²) in [7, 11) is 0. The van der Waals surface area contributed by atoms with Crippen LogP contribution in [0.4, 0.5) is 0 Å². The van der Waals surface area contributed by atoms with Gasteiger partial charge in [-0.3, -0.25) is 4.79 Å². The lowest BCUT2D eigenvalue weighted by Gasteiger charge is -2.20. The molecule has 102 valence electrons. The van der Waals surface area contributed by atoms with Gasteiger partial charge in [-0.2, -0.15) is 0 Å². The Labute approximate surface area is 112 Å². The summed E-state index contributed by atoms with van der Waals surface area (Å²) in [6.07, 6.45) is 3.76. The molecule has 1 N–H and O–H groups in total. The molecule has 0 unspecified atom stereocenters. The summed E-state index contributed by atoms with van der Waals surface area (Å²) in [6, 6.07) is 3.62. The van der Waals surface area contributed by atoms with Gasteiger partial charge in [0.1, 0.15) is 11.5 Å². The smallest absolute Gasteiger partial charge is 0.253 e. The normalized spacial score (nSPS) is 11.6. The molecule has 0 aliphatic heterocycles. The van der Waals surface area contributed by atoms with Crippen LogP contribution in [0.5, 0.6) is 0 Å². The van der Waals surface area contributed by atoms with Gasteiger partial charge in [0.2, 0.25) is 0 Å². The molecular weight excluding hydrogens is 242 g/mol. The van der Waals surface area contributed by atoms with Gasteiger partial charge in [0.25, 0.3) is 5.91 Å². The summed E-state index contributed by atoms with van der Waals surface area (Å²) >= 11 is 0. The maximum atomic E-state index is 12.0. The highest BCUT2D eigenvalue weighted by molar-refractivity contribution is 5.93. The maximum absolute atomic E-state index is 12.0. The molecule has 1 amide bonds. The molecular formula is C14H19N3O2. The Balaban J connectivity index is 1.98.